The van der Waals surface area contributed by atoms with Gasteiger partial charge in [-0.1, -0.05) is 121 Å². The molecule has 0 atom stereocenters. The van der Waals surface area contributed by atoms with Crippen molar-refractivity contribution in [3.63, 3.8) is 0 Å². The van der Waals surface area contributed by atoms with Crippen molar-refractivity contribution in [1.82, 2.24) is 9.13 Å². The van der Waals surface area contributed by atoms with Crippen LogP contribution in [0.25, 0.3) is 59.8 Å². The molecule has 6 heterocycles. The molecule has 360 valence electrons. The number of ether oxygens (including phenoxy) is 2. The van der Waals surface area contributed by atoms with E-state index in [9.17, 15) is 11.8 Å². The van der Waals surface area contributed by atoms with Crippen LogP contribution in [0.15, 0.2) is 231 Å². The second-order valence-electron chi connectivity index (χ2n) is 20.1. The lowest BCUT2D eigenvalue weighted by Crippen LogP contribution is -2.59. The van der Waals surface area contributed by atoms with E-state index < -0.39 is 0 Å². The lowest BCUT2D eigenvalue weighted by molar-refractivity contribution is 0.477. The molecule has 11 aromatic carbocycles. The highest BCUT2D eigenvalue weighted by Crippen LogP contribution is 2.55. The Balaban J connectivity index is 0.971. The fourth-order valence-corrected chi connectivity index (χ4v) is 13.3. The summed E-state index contributed by atoms with van der Waals surface area (Å²) in [5.74, 6) is 3.04. The quantitative estimate of drug-likeness (QED) is 0.126. The van der Waals surface area contributed by atoms with E-state index in [2.05, 4.69) is 192 Å². The van der Waals surface area contributed by atoms with Gasteiger partial charge in [-0.3, -0.25) is 0 Å². The third kappa shape index (κ3) is 5.56. The average Bonchev–Trinajstić information content (AvgIpc) is 2.72. The summed E-state index contributed by atoms with van der Waals surface area (Å²) in [5.41, 5.74) is 17.3. The molecule has 4 aliphatic rings. The van der Waals surface area contributed by atoms with Gasteiger partial charge in [-0.25, -0.2) is 4.85 Å². The van der Waals surface area contributed by atoms with Gasteiger partial charge in [0, 0.05) is 55.3 Å². The molecule has 4 aliphatic heterocycles. The van der Waals surface area contributed by atoms with E-state index in [0.717, 1.165) is 140 Å². The Morgan fingerprint density at radius 1 is 0.436 bits per heavy atom. The predicted octanol–water partition coefficient (Wildman–Crippen LogP) is 16.1. The lowest BCUT2D eigenvalue weighted by Gasteiger charge is -2.38. The zero-order valence-electron chi connectivity index (χ0n) is 41.5. The van der Waals surface area contributed by atoms with Gasteiger partial charge in [-0.2, -0.15) is 5.26 Å². The molecule has 10 heteroatoms. The SMILES string of the molecule is [C-]#[N+]c1c(N(c2ccc(N3c4ccccc4Oc4ccccc43)cc2)c2ccc(N3c4ccccc4Oc4ccccc43)cc2)c(C#N)c2c3c1-n1c4ccccc4c4cccc(c41)B3c1cccc3c4ccccc4n-2c13. The Kier molecular flexibility index (Phi) is 8.59. The zero-order valence-corrected chi connectivity index (χ0v) is 41.5. The van der Waals surface area contributed by atoms with E-state index in [-0.39, 0.29) is 6.71 Å². The van der Waals surface area contributed by atoms with Gasteiger partial charge in [-0.05, 0) is 126 Å². The van der Waals surface area contributed by atoms with Crippen LogP contribution in [0.4, 0.5) is 56.9 Å². The minimum Gasteiger partial charge on any atom is -0.453 e. The number of nitrogens with zero attached hydrogens (tertiary/aromatic N) is 7. The molecule has 0 spiro atoms. The molecule has 13 aromatic rings. The number of benzene rings is 11. The van der Waals surface area contributed by atoms with Crippen molar-refractivity contribution >= 4 is 124 Å². The number of fused-ring (bicyclic) bond motifs is 14. The number of nitriles is 1. The number of hydrogen-bond acceptors (Lipinski definition) is 6. The predicted molar refractivity (Wildman–Crippen MR) is 315 cm³/mol. The first-order valence-corrected chi connectivity index (χ1v) is 26.1. The van der Waals surface area contributed by atoms with Gasteiger partial charge in [0.15, 0.2) is 23.0 Å². The van der Waals surface area contributed by atoms with E-state index in [1.54, 1.807) is 0 Å². The van der Waals surface area contributed by atoms with Crippen LogP contribution in [0.2, 0.25) is 0 Å². The number of anilines is 9. The maximum Gasteiger partial charge on any atom is 0.250 e. The van der Waals surface area contributed by atoms with Crippen LogP contribution in [0.1, 0.15) is 5.56 Å². The summed E-state index contributed by atoms with van der Waals surface area (Å²) in [6.45, 7) is 9.29. The standard InChI is InChI=1S/C68H38BN7O2/c1-71-63-67(49(40-70)66-62-68(63)76-53-23-5-3-17-46(53)48-19-15-21-51(65(48)76)69(62)50-20-14-18-47-45-16-2-4-22-52(45)75(66)64(47)50)72(41-32-36-43(37-33-41)73-54-24-6-10-28-58(54)77-59-29-11-7-25-55(59)73)42-34-38-44(39-35-42)74-56-26-8-12-30-60(56)78-61-31-13-9-27-57(61)74/h2-39H. The van der Waals surface area contributed by atoms with Crippen molar-refractivity contribution in [2.24, 2.45) is 0 Å². The monoisotopic (exact) mass is 995 g/mol. The Morgan fingerprint density at radius 2 is 0.833 bits per heavy atom. The first-order valence-electron chi connectivity index (χ1n) is 26.1. The number of hydrogen-bond donors (Lipinski definition) is 0. The molecule has 0 fully saturated rings. The normalized spacial score (nSPS) is 13.0. The highest BCUT2D eigenvalue weighted by atomic mass is 16.5. The van der Waals surface area contributed by atoms with Crippen molar-refractivity contribution in [3.05, 3.63) is 248 Å². The molecule has 0 radical (unpaired) electrons. The van der Waals surface area contributed by atoms with Crippen LogP contribution in [0.5, 0.6) is 23.0 Å². The van der Waals surface area contributed by atoms with Gasteiger partial charge in [0.25, 0.3) is 6.71 Å². The van der Waals surface area contributed by atoms with Crippen molar-refractivity contribution < 1.29 is 9.47 Å². The summed E-state index contributed by atoms with van der Waals surface area (Å²) >= 11 is 0. The van der Waals surface area contributed by atoms with Crippen molar-refractivity contribution in [1.29, 1.82) is 5.26 Å². The molecule has 0 aliphatic carbocycles. The fourth-order valence-electron chi connectivity index (χ4n) is 13.3. The lowest BCUT2D eigenvalue weighted by atomic mass is 9.34. The average molecular weight is 996 g/mol. The second kappa shape index (κ2) is 15.8. The van der Waals surface area contributed by atoms with Gasteiger partial charge in [-0.15, -0.1) is 0 Å². The van der Waals surface area contributed by atoms with E-state index in [1.807, 2.05) is 72.8 Å². The molecule has 2 aromatic heterocycles. The largest absolute Gasteiger partial charge is 0.453 e. The smallest absolute Gasteiger partial charge is 0.250 e. The third-order valence-corrected chi connectivity index (χ3v) is 16.3. The summed E-state index contributed by atoms with van der Waals surface area (Å²) in [7, 11) is 0. The molecule has 0 saturated heterocycles. The van der Waals surface area contributed by atoms with Crippen LogP contribution in [-0.2, 0) is 0 Å². The Labute approximate surface area is 447 Å². The van der Waals surface area contributed by atoms with Crippen molar-refractivity contribution in [3.8, 4) is 40.4 Å². The van der Waals surface area contributed by atoms with Crippen LogP contribution in [-0.4, -0.2) is 15.8 Å². The van der Waals surface area contributed by atoms with Gasteiger partial charge >= 0.3 is 0 Å². The van der Waals surface area contributed by atoms with E-state index in [0.29, 0.717) is 16.9 Å². The Bertz CT molecular complexity index is 4480. The topological polar surface area (TPSA) is 66.2 Å². The van der Waals surface area contributed by atoms with Gasteiger partial charge < -0.3 is 33.3 Å². The zero-order chi connectivity index (χ0) is 51.3. The van der Waals surface area contributed by atoms with Gasteiger partial charge in [0.1, 0.15) is 6.07 Å². The highest BCUT2D eigenvalue weighted by Gasteiger charge is 2.45. The van der Waals surface area contributed by atoms with E-state index in [4.69, 9.17) is 9.47 Å². The molecular weight excluding hydrogens is 958 g/mol. The number of aromatic nitrogens is 2. The van der Waals surface area contributed by atoms with Crippen LogP contribution < -0.4 is 40.6 Å². The number of para-hydroxylation sites is 12. The fraction of sp³-hybridized carbons (Fsp3) is 0. The summed E-state index contributed by atoms with van der Waals surface area (Å²) < 4.78 is 17.5. The van der Waals surface area contributed by atoms with Gasteiger partial charge in [0.2, 0.25) is 5.69 Å². The second-order valence-corrected chi connectivity index (χ2v) is 20.1. The molecular formula is C68H38BN7O2. The summed E-state index contributed by atoms with van der Waals surface area (Å²) in [6.07, 6.45) is 0. The molecule has 0 saturated carbocycles. The minimum absolute atomic E-state index is 0.275. The molecule has 0 N–H and O–H groups in total. The Morgan fingerprint density at radius 3 is 1.27 bits per heavy atom. The molecule has 9 nitrogen and oxygen atoms in total. The van der Waals surface area contributed by atoms with Crippen LogP contribution in [0.3, 0.4) is 0 Å². The van der Waals surface area contributed by atoms with E-state index >= 15 is 0 Å². The molecule has 17 rings (SSSR count). The summed E-state index contributed by atoms with van der Waals surface area (Å²) in [4.78, 5) is 11.3. The summed E-state index contributed by atoms with van der Waals surface area (Å²) in [6, 6.07) is 82.4. The van der Waals surface area contributed by atoms with Gasteiger partial charge in [0.05, 0.1) is 63.0 Å². The first-order chi connectivity index (χ1) is 38.7. The third-order valence-electron chi connectivity index (χ3n) is 16.3. The van der Waals surface area contributed by atoms with E-state index in [1.165, 1.54) is 0 Å². The summed E-state index contributed by atoms with van der Waals surface area (Å²) in [5, 5.41) is 16.7. The minimum atomic E-state index is -0.275. The maximum absolute atomic E-state index is 12.3. The maximum atomic E-state index is 12.3. The highest BCUT2D eigenvalue weighted by molar-refractivity contribution is 7.00. The van der Waals surface area contributed by atoms with Crippen molar-refractivity contribution in [2.75, 3.05) is 14.7 Å². The van der Waals surface area contributed by atoms with Crippen LogP contribution in [0, 0.1) is 17.9 Å². The number of rotatable bonds is 5. The molecule has 0 bridgehead atoms. The van der Waals surface area contributed by atoms with Crippen LogP contribution >= 0.6 is 0 Å². The first kappa shape index (κ1) is 42.4. The van der Waals surface area contributed by atoms with Crippen molar-refractivity contribution in [2.45, 2.75) is 0 Å². The Hall–Kier alpha value is -10.9. The molecule has 0 amide bonds. The molecule has 0 unspecified atom stereocenters. The molecule has 78 heavy (non-hydrogen) atoms.